The van der Waals surface area contributed by atoms with Gasteiger partial charge in [-0.2, -0.15) is 0 Å². The molecular weight excluding hydrogens is 326 g/mol. The van der Waals surface area contributed by atoms with E-state index in [9.17, 15) is 4.79 Å². The van der Waals surface area contributed by atoms with E-state index >= 15 is 0 Å². The van der Waals surface area contributed by atoms with Crippen molar-refractivity contribution >= 4 is 34.1 Å². The second-order valence-electron chi connectivity index (χ2n) is 5.63. The molecule has 0 radical (unpaired) electrons. The quantitative estimate of drug-likeness (QED) is 0.806. The van der Waals surface area contributed by atoms with Crippen molar-refractivity contribution in [2.24, 2.45) is 0 Å². The molecule has 1 aromatic carbocycles. The molecule has 6 heteroatoms. The number of thioether (sulfide) groups is 1. The fourth-order valence-corrected chi connectivity index (χ4v) is 4.04. The second kappa shape index (κ2) is 8.47. The van der Waals surface area contributed by atoms with Gasteiger partial charge in [0.1, 0.15) is 0 Å². The fourth-order valence-electron chi connectivity index (χ4n) is 2.60. The van der Waals surface area contributed by atoms with Crippen molar-refractivity contribution in [3.63, 3.8) is 0 Å². The van der Waals surface area contributed by atoms with Crippen molar-refractivity contribution in [1.82, 2.24) is 9.88 Å². The molecule has 0 unspecified atom stereocenters. The van der Waals surface area contributed by atoms with Crippen LogP contribution in [0.3, 0.4) is 0 Å². The molecular formula is C17H21N3OS2. The average Bonchev–Trinajstić information content (AvgIpc) is 3.02. The zero-order chi connectivity index (χ0) is 15.9. The molecule has 2 heterocycles. The molecule has 122 valence electrons. The van der Waals surface area contributed by atoms with Crippen molar-refractivity contribution < 1.29 is 4.79 Å². The molecule has 2 aromatic rings. The summed E-state index contributed by atoms with van der Waals surface area (Å²) in [7, 11) is 0. The first-order chi connectivity index (χ1) is 11.3. The first-order valence-electron chi connectivity index (χ1n) is 7.94. The number of amides is 1. The third-order valence-electron chi connectivity index (χ3n) is 3.75. The number of nitrogens with one attached hydrogen (secondary N) is 1. The van der Waals surface area contributed by atoms with E-state index in [1.54, 1.807) is 0 Å². The lowest BCUT2D eigenvalue weighted by atomic mass is 10.1. The van der Waals surface area contributed by atoms with Crippen LogP contribution in [0, 0.1) is 0 Å². The predicted octanol–water partition coefficient (Wildman–Crippen LogP) is 3.86. The van der Waals surface area contributed by atoms with Crippen molar-refractivity contribution in [3.8, 4) is 0 Å². The highest BCUT2D eigenvalue weighted by Crippen LogP contribution is 2.20. The Labute approximate surface area is 145 Å². The minimum Gasteiger partial charge on any atom is -0.301 e. The maximum absolute atomic E-state index is 12.0. The first-order valence-corrected chi connectivity index (χ1v) is 9.80. The number of hydrogen-bond donors (Lipinski definition) is 1. The van der Waals surface area contributed by atoms with Crippen molar-refractivity contribution in [3.05, 3.63) is 41.4 Å². The Hall–Kier alpha value is -1.37. The number of thiazole rings is 1. The maximum atomic E-state index is 12.0. The Morgan fingerprint density at radius 3 is 2.78 bits per heavy atom. The third-order valence-corrected chi connectivity index (χ3v) is 5.56. The molecule has 1 amide bonds. The van der Waals surface area contributed by atoms with Crippen LogP contribution in [0.15, 0.2) is 40.6 Å². The number of rotatable bonds is 6. The Morgan fingerprint density at radius 2 is 2.00 bits per heavy atom. The second-order valence-corrected chi connectivity index (χ2v) is 7.54. The zero-order valence-electron chi connectivity index (χ0n) is 13.0. The monoisotopic (exact) mass is 347 g/mol. The summed E-state index contributed by atoms with van der Waals surface area (Å²) < 4.78 is 0. The highest BCUT2D eigenvalue weighted by molar-refractivity contribution is 8.00. The summed E-state index contributed by atoms with van der Waals surface area (Å²) in [5.41, 5.74) is 1.06. The van der Waals surface area contributed by atoms with Crippen LogP contribution in [0.1, 0.15) is 25.0 Å². The maximum Gasteiger partial charge on any atom is 0.236 e. The standard InChI is InChI=1S/C17H21N3OS2/c21-16(13-22-15-7-3-1-4-8-15)19-17-18-14(12-23-17)11-20-9-5-2-6-10-20/h1,3-4,7-8,12H,2,5-6,9-11,13H2,(H,18,19,21). The minimum absolute atomic E-state index is 0.00211. The highest BCUT2D eigenvalue weighted by atomic mass is 32.2. The van der Waals surface area contributed by atoms with Gasteiger partial charge in [0.2, 0.25) is 5.91 Å². The van der Waals surface area contributed by atoms with Gasteiger partial charge in [-0.25, -0.2) is 4.98 Å². The molecule has 1 saturated heterocycles. The van der Waals surface area contributed by atoms with E-state index in [0.29, 0.717) is 10.9 Å². The molecule has 0 spiro atoms. The van der Waals surface area contributed by atoms with Gasteiger partial charge in [-0.05, 0) is 38.1 Å². The first kappa shape index (κ1) is 16.5. The summed E-state index contributed by atoms with van der Waals surface area (Å²) in [6, 6.07) is 9.96. The number of carbonyl (C=O) groups is 1. The number of benzene rings is 1. The van der Waals surface area contributed by atoms with E-state index in [4.69, 9.17) is 0 Å². The van der Waals surface area contributed by atoms with Gasteiger partial charge in [-0.15, -0.1) is 23.1 Å². The Kier molecular flexibility index (Phi) is 6.07. The van der Waals surface area contributed by atoms with Gasteiger partial charge < -0.3 is 5.32 Å². The smallest absolute Gasteiger partial charge is 0.236 e. The van der Waals surface area contributed by atoms with Gasteiger partial charge in [0, 0.05) is 16.8 Å². The zero-order valence-corrected chi connectivity index (χ0v) is 14.7. The summed E-state index contributed by atoms with van der Waals surface area (Å²) in [4.78, 5) is 20.1. The van der Waals surface area contributed by atoms with E-state index in [0.717, 1.165) is 30.2 Å². The van der Waals surface area contributed by atoms with Crippen LogP contribution in [0.2, 0.25) is 0 Å². The molecule has 0 saturated carbocycles. The number of piperidine rings is 1. The van der Waals surface area contributed by atoms with Crippen LogP contribution in [0.5, 0.6) is 0 Å². The lowest BCUT2D eigenvalue weighted by Crippen LogP contribution is -2.29. The summed E-state index contributed by atoms with van der Waals surface area (Å²) in [6.45, 7) is 3.21. The predicted molar refractivity (Wildman–Crippen MR) is 97.0 cm³/mol. The van der Waals surface area contributed by atoms with Gasteiger partial charge in [0.25, 0.3) is 0 Å². The van der Waals surface area contributed by atoms with Gasteiger partial charge >= 0.3 is 0 Å². The van der Waals surface area contributed by atoms with Crippen molar-refractivity contribution in [1.29, 1.82) is 0 Å². The van der Waals surface area contributed by atoms with Crippen LogP contribution >= 0.6 is 23.1 Å². The summed E-state index contributed by atoms with van der Waals surface area (Å²) in [5.74, 6) is 0.406. The van der Waals surface area contributed by atoms with E-state index in [2.05, 4.69) is 20.6 Å². The van der Waals surface area contributed by atoms with Crippen LogP contribution < -0.4 is 5.32 Å². The molecule has 1 aliphatic rings. The van der Waals surface area contributed by atoms with E-state index < -0.39 is 0 Å². The van der Waals surface area contributed by atoms with Crippen LogP contribution in [0.4, 0.5) is 5.13 Å². The molecule has 23 heavy (non-hydrogen) atoms. The number of hydrogen-bond acceptors (Lipinski definition) is 5. The molecule has 0 bridgehead atoms. The fraction of sp³-hybridized carbons (Fsp3) is 0.412. The summed E-state index contributed by atoms with van der Waals surface area (Å²) in [5, 5.41) is 5.65. The SMILES string of the molecule is O=C(CSc1ccccc1)Nc1nc(CN2CCCCC2)cs1. The molecule has 1 N–H and O–H groups in total. The molecule has 0 aliphatic carbocycles. The molecule has 0 atom stereocenters. The van der Waals surface area contributed by atoms with Gasteiger partial charge in [-0.1, -0.05) is 24.6 Å². The Balaban J connectivity index is 1.45. The van der Waals surface area contributed by atoms with Crippen LogP contribution in [-0.2, 0) is 11.3 Å². The summed E-state index contributed by atoms with van der Waals surface area (Å²) >= 11 is 3.05. The number of nitrogens with zero attached hydrogens (tertiary/aromatic N) is 2. The largest absolute Gasteiger partial charge is 0.301 e. The van der Waals surface area contributed by atoms with Crippen molar-refractivity contribution in [2.75, 3.05) is 24.2 Å². The van der Waals surface area contributed by atoms with Crippen molar-refractivity contribution in [2.45, 2.75) is 30.7 Å². The lowest BCUT2D eigenvalue weighted by Gasteiger charge is -2.25. The normalized spacial score (nSPS) is 15.5. The molecule has 3 rings (SSSR count). The highest BCUT2D eigenvalue weighted by Gasteiger charge is 2.13. The van der Waals surface area contributed by atoms with E-state index in [-0.39, 0.29) is 5.91 Å². The lowest BCUT2D eigenvalue weighted by molar-refractivity contribution is -0.113. The molecule has 1 fully saturated rings. The van der Waals surface area contributed by atoms with Crippen LogP contribution in [-0.4, -0.2) is 34.6 Å². The minimum atomic E-state index is -0.00211. The molecule has 1 aromatic heterocycles. The van der Waals surface area contributed by atoms with E-state index in [1.165, 1.54) is 42.4 Å². The number of likely N-dealkylation sites (tertiary alicyclic amines) is 1. The van der Waals surface area contributed by atoms with Gasteiger partial charge in [0.15, 0.2) is 5.13 Å². The van der Waals surface area contributed by atoms with Gasteiger partial charge in [0.05, 0.1) is 11.4 Å². The number of anilines is 1. The van der Waals surface area contributed by atoms with E-state index in [1.807, 2.05) is 30.3 Å². The Bertz CT molecular complexity index is 624. The average molecular weight is 348 g/mol. The van der Waals surface area contributed by atoms with Gasteiger partial charge in [-0.3, -0.25) is 9.69 Å². The topological polar surface area (TPSA) is 45.2 Å². The molecule has 1 aliphatic heterocycles. The van der Waals surface area contributed by atoms with Crippen LogP contribution in [0.25, 0.3) is 0 Å². The number of aromatic nitrogens is 1. The third kappa shape index (κ3) is 5.34. The number of carbonyl (C=O) groups excluding carboxylic acids is 1. The molecule has 4 nitrogen and oxygen atoms in total. The summed E-state index contributed by atoms with van der Waals surface area (Å²) in [6.07, 6.45) is 3.91. The Morgan fingerprint density at radius 1 is 1.22 bits per heavy atom.